The number of aromatic nitrogens is 4. The van der Waals surface area contributed by atoms with Crippen LogP contribution in [0, 0.1) is 0 Å². The minimum Gasteiger partial charge on any atom is -0.344 e. The van der Waals surface area contributed by atoms with E-state index in [1.807, 2.05) is 24.3 Å². The van der Waals surface area contributed by atoms with E-state index in [1.165, 1.54) is 12.4 Å². The number of nitrogens with zero attached hydrogens (tertiary/aromatic N) is 2. The van der Waals surface area contributed by atoms with Crippen LogP contribution in [0.15, 0.2) is 41.5 Å². The van der Waals surface area contributed by atoms with E-state index in [-0.39, 0.29) is 23.8 Å². The Morgan fingerprint density at radius 3 is 2.95 bits per heavy atom. The smallest absolute Gasteiger partial charge is 0.287 e. The summed E-state index contributed by atoms with van der Waals surface area (Å²) in [7, 11) is 0. The highest BCUT2D eigenvalue weighted by molar-refractivity contribution is 5.94. The van der Waals surface area contributed by atoms with Gasteiger partial charge in [0.25, 0.3) is 11.5 Å². The van der Waals surface area contributed by atoms with Crippen LogP contribution in [-0.4, -0.2) is 25.8 Å². The van der Waals surface area contributed by atoms with Gasteiger partial charge in [-0.1, -0.05) is 12.1 Å². The number of carbonyl (C=O) groups is 1. The second-order valence-corrected chi connectivity index (χ2v) is 4.19. The molecule has 3 rings (SSSR count). The molecule has 0 atom stereocenters. The van der Waals surface area contributed by atoms with Gasteiger partial charge in [-0.05, 0) is 12.1 Å². The Morgan fingerprint density at radius 2 is 2.15 bits per heavy atom. The van der Waals surface area contributed by atoms with E-state index in [0.717, 1.165) is 11.0 Å². The van der Waals surface area contributed by atoms with Gasteiger partial charge in [-0.2, -0.15) is 0 Å². The molecule has 0 fully saturated rings. The van der Waals surface area contributed by atoms with Crippen molar-refractivity contribution in [3.05, 3.63) is 58.5 Å². The third-order valence-corrected chi connectivity index (χ3v) is 2.77. The molecule has 1 amide bonds. The highest BCUT2D eigenvalue weighted by Gasteiger charge is 2.10. The first-order valence-corrected chi connectivity index (χ1v) is 5.99. The maximum Gasteiger partial charge on any atom is 0.287 e. The van der Waals surface area contributed by atoms with Gasteiger partial charge in [0.2, 0.25) is 0 Å². The standard InChI is InChI=1S/C13H11N5O2/c19-11-5-8(15-7-16-11)6-14-13(20)12-17-9-3-1-2-4-10(9)18-12/h1-5,7H,6H2,(H,14,20)(H,17,18)(H,15,16,19). The first-order valence-electron chi connectivity index (χ1n) is 5.99. The Labute approximate surface area is 113 Å². The van der Waals surface area contributed by atoms with Crippen molar-refractivity contribution in [2.24, 2.45) is 0 Å². The summed E-state index contributed by atoms with van der Waals surface area (Å²) in [5, 5.41) is 2.66. The van der Waals surface area contributed by atoms with Gasteiger partial charge in [-0.25, -0.2) is 9.97 Å². The zero-order chi connectivity index (χ0) is 13.9. The van der Waals surface area contributed by atoms with E-state index >= 15 is 0 Å². The lowest BCUT2D eigenvalue weighted by atomic mass is 10.3. The Hall–Kier alpha value is -2.96. The molecule has 0 aliphatic heterocycles. The van der Waals surface area contributed by atoms with Crippen molar-refractivity contribution in [3.63, 3.8) is 0 Å². The number of para-hydroxylation sites is 2. The van der Waals surface area contributed by atoms with E-state index in [1.54, 1.807) is 0 Å². The van der Waals surface area contributed by atoms with Gasteiger partial charge >= 0.3 is 0 Å². The Balaban J connectivity index is 1.74. The lowest BCUT2D eigenvalue weighted by Crippen LogP contribution is -2.25. The second kappa shape index (κ2) is 4.96. The average molecular weight is 269 g/mol. The highest BCUT2D eigenvalue weighted by atomic mass is 16.2. The minimum atomic E-state index is -0.344. The molecule has 0 radical (unpaired) electrons. The molecule has 0 saturated carbocycles. The molecule has 3 N–H and O–H groups in total. The van der Waals surface area contributed by atoms with E-state index in [2.05, 4.69) is 25.3 Å². The van der Waals surface area contributed by atoms with Gasteiger partial charge in [0.15, 0.2) is 5.82 Å². The highest BCUT2D eigenvalue weighted by Crippen LogP contribution is 2.10. The van der Waals surface area contributed by atoms with E-state index < -0.39 is 0 Å². The lowest BCUT2D eigenvalue weighted by molar-refractivity contribution is 0.0941. The van der Waals surface area contributed by atoms with Crippen molar-refractivity contribution in [2.45, 2.75) is 6.54 Å². The number of amides is 1. The van der Waals surface area contributed by atoms with Crippen LogP contribution in [-0.2, 0) is 6.54 Å². The van der Waals surface area contributed by atoms with Crippen LogP contribution in [0.4, 0.5) is 0 Å². The summed E-state index contributed by atoms with van der Waals surface area (Å²) in [5.74, 6) is -0.112. The van der Waals surface area contributed by atoms with Crippen LogP contribution in [0.2, 0.25) is 0 Å². The molecule has 2 heterocycles. The summed E-state index contributed by atoms with van der Waals surface area (Å²) < 4.78 is 0. The fourth-order valence-electron chi connectivity index (χ4n) is 1.82. The molecule has 1 aromatic carbocycles. The Kier molecular flexibility index (Phi) is 3.00. The van der Waals surface area contributed by atoms with E-state index in [9.17, 15) is 9.59 Å². The van der Waals surface area contributed by atoms with Crippen molar-refractivity contribution in [3.8, 4) is 0 Å². The molecule has 100 valence electrons. The van der Waals surface area contributed by atoms with Crippen LogP contribution in [0.1, 0.15) is 16.3 Å². The number of carbonyl (C=O) groups excluding carboxylic acids is 1. The fraction of sp³-hybridized carbons (Fsp3) is 0.0769. The van der Waals surface area contributed by atoms with Crippen LogP contribution in [0.5, 0.6) is 0 Å². The monoisotopic (exact) mass is 269 g/mol. The van der Waals surface area contributed by atoms with Crippen molar-refractivity contribution < 1.29 is 4.79 Å². The molecule has 0 saturated heterocycles. The molecule has 20 heavy (non-hydrogen) atoms. The fourth-order valence-corrected chi connectivity index (χ4v) is 1.82. The summed E-state index contributed by atoms with van der Waals surface area (Å²) in [5.41, 5.74) is 1.75. The molecule has 0 spiro atoms. The molecule has 3 aromatic rings. The number of nitrogens with one attached hydrogen (secondary N) is 3. The molecule has 2 aromatic heterocycles. The van der Waals surface area contributed by atoms with E-state index in [0.29, 0.717) is 5.69 Å². The maximum absolute atomic E-state index is 12.0. The van der Waals surface area contributed by atoms with Gasteiger partial charge in [0, 0.05) is 6.07 Å². The number of imidazole rings is 1. The summed E-state index contributed by atoms with van der Waals surface area (Å²) in [4.78, 5) is 36.5. The van der Waals surface area contributed by atoms with Gasteiger partial charge in [0.05, 0.1) is 29.6 Å². The van der Waals surface area contributed by atoms with Crippen molar-refractivity contribution in [2.75, 3.05) is 0 Å². The summed E-state index contributed by atoms with van der Waals surface area (Å²) in [6.45, 7) is 0.166. The predicted molar refractivity (Wildman–Crippen MR) is 72.1 cm³/mol. The molecule has 0 aliphatic carbocycles. The average Bonchev–Trinajstić information content (AvgIpc) is 2.89. The third-order valence-electron chi connectivity index (χ3n) is 2.77. The van der Waals surface area contributed by atoms with Crippen LogP contribution < -0.4 is 10.9 Å². The second-order valence-electron chi connectivity index (χ2n) is 4.19. The SMILES string of the molecule is O=C(NCc1cc(=O)[nH]cn1)c1nc2ccccc2[nH]1. The van der Waals surface area contributed by atoms with Crippen LogP contribution in [0.25, 0.3) is 11.0 Å². The summed E-state index contributed by atoms with van der Waals surface area (Å²) in [6.07, 6.45) is 1.30. The van der Waals surface area contributed by atoms with E-state index in [4.69, 9.17) is 0 Å². The van der Waals surface area contributed by atoms with Crippen molar-refractivity contribution in [1.29, 1.82) is 0 Å². The summed E-state index contributed by atoms with van der Waals surface area (Å²) >= 11 is 0. The summed E-state index contributed by atoms with van der Waals surface area (Å²) in [6, 6.07) is 8.71. The number of benzene rings is 1. The van der Waals surface area contributed by atoms with Gasteiger partial charge in [0.1, 0.15) is 0 Å². The Morgan fingerprint density at radius 1 is 1.30 bits per heavy atom. The molecule has 0 unspecified atom stereocenters. The van der Waals surface area contributed by atoms with Crippen LogP contribution in [0.3, 0.4) is 0 Å². The topological polar surface area (TPSA) is 104 Å². The third kappa shape index (κ3) is 2.41. The number of rotatable bonds is 3. The lowest BCUT2D eigenvalue weighted by Gasteiger charge is -2.01. The van der Waals surface area contributed by atoms with Gasteiger partial charge in [-0.3, -0.25) is 9.59 Å². The predicted octanol–water partition coefficient (Wildman–Crippen LogP) is 0.576. The number of hydrogen-bond acceptors (Lipinski definition) is 4. The quantitative estimate of drug-likeness (QED) is 0.646. The number of hydrogen-bond donors (Lipinski definition) is 3. The first kappa shape index (κ1) is 12.1. The zero-order valence-corrected chi connectivity index (χ0v) is 10.4. The van der Waals surface area contributed by atoms with Crippen molar-refractivity contribution >= 4 is 16.9 Å². The zero-order valence-electron chi connectivity index (χ0n) is 10.4. The van der Waals surface area contributed by atoms with Crippen molar-refractivity contribution in [1.82, 2.24) is 25.3 Å². The Bertz CT molecular complexity index is 787. The minimum absolute atomic E-state index is 0.166. The number of fused-ring (bicyclic) bond motifs is 1. The number of H-pyrrole nitrogens is 2. The molecule has 0 aliphatic rings. The van der Waals surface area contributed by atoms with Crippen LogP contribution >= 0.6 is 0 Å². The molecular formula is C13H11N5O2. The largest absolute Gasteiger partial charge is 0.344 e. The van der Waals surface area contributed by atoms with Gasteiger partial charge in [-0.15, -0.1) is 0 Å². The first-order chi connectivity index (χ1) is 9.72. The molecular weight excluding hydrogens is 258 g/mol. The number of aromatic amines is 2. The molecule has 7 heteroatoms. The molecule has 0 bridgehead atoms. The maximum atomic E-state index is 12.0. The molecule has 7 nitrogen and oxygen atoms in total. The normalized spacial score (nSPS) is 10.6. The van der Waals surface area contributed by atoms with Gasteiger partial charge < -0.3 is 15.3 Å².